The van der Waals surface area contributed by atoms with Crippen LogP contribution in [0.15, 0.2) is 42.5 Å². The van der Waals surface area contributed by atoms with E-state index < -0.39 is 40.2 Å². The number of benzene rings is 2. The second kappa shape index (κ2) is 7.71. The molecule has 0 aliphatic rings. The molecule has 25 heavy (non-hydrogen) atoms. The van der Waals surface area contributed by atoms with Crippen molar-refractivity contribution in [3.63, 3.8) is 0 Å². The number of phenolic OH excluding ortho intramolecular Hbond substituents is 1. The lowest BCUT2D eigenvalue weighted by atomic mass is 10.0. The maximum Gasteiger partial charge on any atom is 0.310 e. The summed E-state index contributed by atoms with van der Waals surface area (Å²) in [4.78, 5) is 22.0. The van der Waals surface area contributed by atoms with Gasteiger partial charge in [-0.25, -0.2) is 4.39 Å². The third-order valence-electron chi connectivity index (χ3n) is 3.64. The molecular formula is C17H17FN2O5. The number of nitro groups is 1. The molecule has 2 aromatic rings. The van der Waals surface area contributed by atoms with Crippen LogP contribution in [0.5, 0.6) is 5.75 Å². The third kappa shape index (κ3) is 4.74. The Morgan fingerprint density at radius 1 is 1.28 bits per heavy atom. The standard InChI is InChI=1S/C17H17FN2O5/c1-10(8-15(21)11-2-5-13(18)6-3-11)19-17(23)12-4-7-14(20(24)25)16(22)9-12/h2-7,9-10,15,21-22H,8H2,1H3,(H,19,23)/t10-,15+/m1/s1. The molecule has 0 heterocycles. The number of hydrogen-bond acceptors (Lipinski definition) is 5. The minimum atomic E-state index is -0.888. The van der Waals surface area contributed by atoms with Gasteiger partial charge in [0.15, 0.2) is 5.75 Å². The number of amides is 1. The topological polar surface area (TPSA) is 113 Å². The van der Waals surface area contributed by atoms with E-state index >= 15 is 0 Å². The van der Waals surface area contributed by atoms with Crippen LogP contribution in [0.3, 0.4) is 0 Å². The molecule has 132 valence electrons. The smallest absolute Gasteiger partial charge is 0.310 e. The number of nitrogens with one attached hydrogen (secondary N) is 1. The number of halogens is 1. The molecule has 1 amide bonds. The minimum Gasteiger partial charge on any atom is -0.502 e. The summed E-state index contributed by atoms with van der Waals surface area (Å²) in [6, 6.07) is 8.26. The Morgan fingerprint density at radius 2 is 1.92 bits per heavy atom. The van der Waals surface area contributed by atoms with Crippen molar-refractivity contribution in [3.8, 4) is 5.75 Å². The molecule has 0 unspecified atom stereocenters. The summed E-state index contributed by atoms with van der Waals surface area (Å²) in [5, 5.41) is 33.0. The summed E-state index contributed by atoms with van der Waals surface area (Å²) in [5.41, 5.74) is 0.0954. The van der Waals surface area contributed by atoms with Gasteiger partial charge in [-0.2, -0.15) is 0 Å². The largest absolute Gasteiger partial charge is 0.502 e. The van der Waals surface area contributed by atoms with Gasteiger partial charge in [0, 0.05) is 17.7 Å². The molecular weight excluding hydrogens is 331 g/mol. The van der Waals surface area contributed by atoms with Gasteiger partial charge in [0.1, 0.15) is 5.82 Å². The second-order valence-electron chi connectivity index (χ2n) is 5.64. The molecule has 8 heteroatoms. The number of nitro benzene ring substituents is 1. The maximum absolute atomic E-state index is 12.9. The van der Waals surface area contributed by atoms with Gasteiger partial charge in [0.2, 0.25) is 0 Å². The van der Waals surface area contributed by atoms with Crippen LogP contribution < -0.4 is 5.32 Å². The quantitative estimate of drug-likeness (QED) is 0.549. The van der Waals surface area contributed by atoms with E-state index in [1.807, 2.05) is 0 Å². The van der Waals surface area contributed by atoms with Crippen LogP contribution in [-0.4, -0.2) is 27.1 Å². The van der Waals surface area contributed by atoms with Crippen LogP contribution in [0.1, 0.15) is 35.4 Å². The van der Waals surface area contributed by atoms with Gasteiger partial charge in [0.25, 0.3) is 5.91 Å². The first-order valence-corrected chi connectivity index (χ1v) is 7.49. The fourth-order valence-electron chi connectivity index (χ4n) is 2.34. The number of hydrogen-bond donors (Lipinski definition) is 3. The fraction of sp³-hybridized carbons (Fsp3) is 0.235. The monoisotopic (exact) mass is 348 g/mol. The summed E-state index contributed by atoms with van der Waals surface area (Å²) in [5.74, 6) is -1.55. The van der Waals surface area contributed by atoms with Gasteiger partial charge in [-0.1, -0.05) is 12.1 Å². The van der Waals surface area contributed by atoms with E-state index in [2.05, 4.69) is 5.32 Å². The van der Waals surface area contributed by atoms with Crippen molar-refractivity contribution in [3.05, 3.63) is 69.5 Å². The first-order valence-electron chi connectivity index (χ1n) is 7.49. The number of aliphatic hydroxyl groups excluding tert-OH is 1. The maximum atomic E-state index is 12.9. The van der Waals surface area contributed by atoms with Crippen molar-refractivity contribution in [2.75, 3.05) is 0 Å². The van der Waals surface area contributed by atoms with E-state index in [1.54, 1.807) is 6.92 Å². The highest BCUT2D eigenvalue weighted by atomic mass is 19.1. The van der Waals surface area contributed by atoms with Gasteiger partial charge in [0.05, 0.1) is 11.0 Å². The predicted octanol–water partition coefficient (Wildman–Crippen LogP) is 2.68. The predicted molar refractivity (Wildman–Crippen MR) is 87.7 cm³/mol. The average molecular weight is 348 g/mol. The Bertz CT molecular complexity index is 779. The van der Waals surface area contributed by atoms with Crippen molar-refractivity contribution in [2.24, 2.45) is 0 Å². The van der Waals surface area contributed by atoms with Crippen molar-refractivity contribution >= 4 is 11.6 Å². The molecule has 0 saturated heterocycles. The highest BCUT2D eigenvalue weighted by Gasteiger charge is 2.19. The lowest BCUT2D eigenvalue weighted by molar-refractivity contribution is -0.385. The second-order valence-corrected chi connectivity index (χ2v) is 5.64. The van der Waals surface area contributed by atoms with Gasteiger partial charge >= 0.3 is 5.69 Å². The molecule has 0 aromatic heterocycles. The summed E-state index contributed by atoms with van der Waals surface area (Å²) >= 11 is 0. The minimum absolute atomic E-state index is 0.0613. The summed E-state index contributed by atoms with van der Waals surface area (Å²) < 4.78 is 12.9. The number of carbonyl (C=O) groups is 1. The lowest BCUT2D eigenvalue weighted by Crippen LogP contribution is -2.33. The molecule has 0 spiro atoms. The van der Waals surface area contributed by atoms with E-state index in [0.29, 0.717) is 5.56 Å². The van der Waals surface area contributed by atoms with Gasteiger partial charge < -0.3 is 15.5 Å². The van der Waals surface area contributed by atoms with Gasteiger partial charge in [-0.05, 0) is 43.2 Å². The number of aliphatic hydroxyl groups is 1. The Morgan fingerprint density at radius 3 is 2.48 bits per heavy atom. The zero-order valence-electron chi connectivity index (χ0n) is 13.3. The zero-order chi connectivity index (χ0) is 18.6. The lowest BCUT2D eigenvalue weighted by Gasteiger charge is -2.18. The van der Waals surface area contributed by atoms with Crippen LogP contribution in [0.4, 0.5) is 10.1 Å². The van der Waals surface area contributed by atoms with Crippen LogP contribution in [-0.2, 0) is 0 Å². The summed E-state index contributed by atoms with van der Waals surface area (Å²) in [6.45, 7) is 1.68. The normalized spacial score (nSPS) is 13.1. The Kier molecular flexibility index (Phi) is 5.66. The molecule has 3 N–H and O–H groups in total. The number of carbonyl (C=O) groups excluding carboxylic acids is 1. The highest BCUT2D eigenvalue weighted by molar-refractivity contribution is 5.95. The first kappa shape index (κ1) is 18.3. The molecule has 0 saturated carbocycles. The number of rotatable bonds is 6. The van der Waals surface area contributed by atoms with E-state index in [-0.39, 0.29) is 12.0 Å². The van der Waals surface area contributed by atoms with E-state index in [0.717, 1.165) is 12.1 Å². The van der Waals surface area contributed by atoms with Crippen molar-refractivity contribution in [1.82, 2.24) is 5.32 Å². The molecule has 0 fully saturated rings. The van der Waals surface area contributed by atoms with Gasteiger partial charge in [-0.3, -0.25) is 14.9 Å². The molecule has 2 rings (SSSR count). The summed E-state index contributed by atoms with van der Waals surface area (Å²) in [7, 11) is 0. The molecule has 2 aromatic carbocycles. The van der Waals surface area contributed by atoms with Crippen molar-refractivity contribution in [1.29, 1.82) is 0 Å². The SMILES string of the molecule is C[C@H](C[C@H](O)c1ccc(F)cc1)NC(=O)c1ccc([N+](=O)[O-])c(O)c1. The Labute approximate surface area is 142 Å². The van der Waals surface area contributed by atoms with E-state index in [9.17, 15) is 29.5 Å². The highest BCUT2D eigenvalue weighted by Crippen LogP contribution is 2.26. The van der Waals surface area contributed by atoms with Crippen LogP contribution >= 0.6 is 0 Å². The average Bonchev–Trinajstić information content (AvgIpc) is 2.54. The third-order valence-corrected chi connectivity index (χ3v) is 3.64. The first-order chi connectivity index (χ1) is 11.8. The van der Waals surface area contributed by atoms with Crippen LogP contribution in [0.25, 0.3) is 0 Å². The van der Waals surface area contributed by atoms with Crippen LogP contribution in [0, 0.1) is 15.9 Å². The molecule has 0 radical (unpaired) electrons. The molecule has 0 aliphatic carbocycles. The van der Waals surface area contributed by atoms with Gasteiger partial charge in [-0.15, -0.1) is 0 Å². The Hall–Kier alpha value is -3.00. The number of phenols is 1. The Balaban J connectivity index is 1.98. The molecule has 0 aliphatic heterocycles. The molecule has 0 bridgehead atoms. The molecule has 7 nitrogen and oxygen atoms in total. The van der Waals surface area contributed by atoms with Crippen molar-refractivity contribution < 1.29 is 24.3 Å². The van der Waals surface area contributed by atoms with E-state index in [1.165, 1.54) is 30.3 Å². The summed E-state index contributed by atoms with van der Waals surface area (Å²) in [6.07, 6.45) is -0.697. The number of nitrogens with zero attached hydrogens (tertiary/aromatic N) is 1. The van der Waals surface area contributed by atoms with E-state index in [4.69, 9.17) is 0 Å². The van der Waals surface area contributed by atoms with Crippen molar-refractivity contribution in [2.45, 2.75) is 25.5 Å². The van der Waals surface area contributed by atoms with Crippen LogP contribution in [0.2, 0.25) is 0 Å². The fourth-order valence-corrected chi connectivity index (χ4v) is 2.34. The molecule has 2 atom stereocenters. The zero-order valence-corrected chi connectivity index (χ0v) is 13.3. The number of aromatic hydroxyl groups is 1.